The summed E-state index contributed by atoms with van der Waals surface area (Å²) in [6.45, 7) is 1.42. The van der Waals surface area contributed by atoms with Crippen LogP contribution >= 0.6 is 23.2 Å². The molecule has 1 fully saturated rings. The molecular formula is C11H30N9O12P3. The lowest BCUT2D eigenvalue weighted by atomic mass is 10.1. The van der Waals surface area contributed by atoms with Gasteiger partial charge >= 0.3 is 5.69 Å². The molecule has 5 unspecified atom stereocenters. The van der Waals surface area contributed by atoms with Gasteiger partial charge in [-0.1, -0.05) is 5.11 Å². The van der Waals surface area contributed by atoms with Crippen molar-refractivity contribution < 1.29 is 46.6 Å². The van der Waals surface area contributed by atoms with E-state index in [2.05, 4.69) is 18.6 Å². The Kier molecular flexibility index (Phi) is 15.2. The minimum atomic E-state index is -6.08. The Hall–Kier alpha value is -1.76. The van der Waals surface area contributed by atoms with Crippen LogP contribution < -0.4 is 55.4 Å². The molecule has 0 spiro atoms. The molecule has 2 heterocycles. The van der Waals surface area contributed by atoms with Gasteiger partial charge < -0.3 is 58.0 Å². The number of H-pyrrole nitrogens is 1. The Bertz CT molecular complexity index is 1140. The van der Waals surface area contributed by atoms with Crippen LogP contribution in [0, 0.1) is 6.92 Å². The molecule has 0 radical (unpaired) electrons. The van der Waals surface area contributed by atoms with Gasteiger partial charge in [0.25, 0.3) is 13.4 Å². The fraction of sp³-hybridized carbons (Fsp3) is 0.636. The van der Waals surface area contributed by atoms with Crippen LogP contribution in [0.4, 0.5) is 0 Å². The van der Waals surface area contributed by atoms with Crippen molar-refractivity contribution in [1.29, 1.82) is 0 Å². The SMILES string of the molecule is Cc1cn(C2CC(N=[N+]=[N-])C(CCP(=O)([O-])OP(=O)([O-])OP(=O)([O-])[O-])O2)c(=O)[nH]c1=O.[NH4+].[NH4+].[NH4+].[NH4+]. The second-order valence-electron chi connectivity index (χ2n) is 6.30. The van der Waals surface area contributed by atoms with Crippen molar-refractivity contribution in [3.63, 3.8) is 0 Å². The van der Waals surface area contributed by atoms with Crippen molar-refractivity contribution in [2.75, 3.05) is 6.16 Å². The predicted octanol–water partition coefficient (Wildman–Crippen LogP) is -0.410. The van der Waals surface area contributed by atoms with E-state index in [4.69, 9.17) is 10.3 Å². The van der Waals surface area contributed by atoms with E-state index >= 15 is 0 Å². The highest BCUT2D eigenvalue weighted by atomic mass is 31.3. The molecule has 0 amide bonds. The molecule has 0 saturated carbocycles. The summed E-state index contributed by atoms with van der Waals surface area (Å²) in [4.78, 5) is 71.9. The summed E-state index contributed by atoms with van der Waals surface area (Å²) in [6.07, 6.45) is -2.59. The van der Waals surface area contributed by atoms with Gasteiger partial charge in [0.1, 0.15) is 13.8 Å². The van der Waals surface area contributed by atoms with E-state index in [9.17, 15) is 42.9 Å². The molecule has 21 nitrogen and oxygen atoms in total. The lowest BCUT2D eigenvalue weighted by Crippen LogP contribution is -2.33. The van der Waals surface area contributed by atoms with Crippen molar-refractivity contribution in [1.82, 2.24) is 34.2 Å². The molecule has 17 N–H and O–H groups in total. The summed E-state index contributed by atoms with van der Waals surface area (Å²) in [6, 6.07) is -0.979. The number of aromatic amines is 1. The number of aromatic nitrogens is 2. The molecule has 206 valence electrons. The molecule has 1 aliphatic rings. The number of nitrogens with zero attached hydrogens (tertiary/aromatic N) is 4. The fourth-order valence-corrected chi connectivity index (χ4v) is 6.23. The van der Waals surface area contributed by atoms with Gasteiger partial charge in [-0.05, 0) is 18.9 Å². The maximum absolute atomic E-state index is 12.0. The molecule has 1 aliphatic heterocycles. The normalized spacial score (nSPS) is 22.5. The summed E-state index contributed by atoms with van der Waals surface area (Å²) in [7, 11) is -17.4. The maximum Gasteiger partial charge on any atom is 0.330 e. The van der Waals surface area contributed by atoms with Crippen LogP contribution in [0.25, 0.3) is 10.4 Å². The summed E-state index contributed by atoms with van der Waals surface area (Å²) < 4.78 is 46.7. The van der Waals surface area contributed by atoms with Gasteiger partial charge in [-0.2, -0.15) is 0 Å². The molecule has 35 heavy (non-hydrogen) atoms. The van der Waals surface area contributed by atoms with Gasteiger partial charge in [-0.25, -0.2) is 4.79 Å². The first-order valence-corrected chi connectivity index (χ1v) is 12.8. The third-order valence-electron chi connectivity index (χ3n) is 3.97. The number of azide groups is 1. The van der Waals surface area contributed by atoms with Gasteiger partial charge in [0, 0.05) is 29.3 Å². The monoisotopic (exact) mass is 573 g/mol. The number of rotatable bonds is 9. The number of phosphoric acid groups is 2. The Morgan fingerprint density at radius 2 is 1.74 bits per heavy atom. The first-order valence-electron chi connectivity index (χ1n) is 8.20. The van der Waals surface area contributed by atoms with Gasteiger partial charge in [0.05, 0.1) is 20.0 Å². The summed E-state index contributed by atoms with van der Waals surface area (Å²) in [5.74, 6) is 0. The van der Waals surface area contributed by atoms with E-state index in [-0.39, 0.29) is 36.6 Å². The second kappa shape index (κ2) is 14.1. The Labute approximate surface area is 197 Å². The predicted molar refractivity (Wildman–Crippen MR) is 116 cm³/mol. The van der Waals surface area contributed by atoms with Crippen molar-refractivity contribution in [3.05, 3.63) is 43.0 Å². The Balaban J connectivity index is -0.00000256. The van der Waals surface area contributed by atoms with Crippen LogP contribution in [0.3, 0.4) is 0 Å². The van der Waals surface area contributed by atoms with Crippen LogP contribution in [-0.4, -0.2) is 27.9 Å². The molecular weight excluding hydrogens is 543 g/mol. The summed E-state index contributed by atoms with van der Waals surface area (Å²) >= 11 is 0. The maximum atomic E-state index is 12.0. The highest BCUT2D eigenvalue weighted by Crippen LogP contribution is 2.60. The second-order valence-corrected chi connectivity index (χ2v) is 11.1. The van der Waals surface area contributed by atoms with Crippen LogP contribution in [-0.2, 0) is 27.1 Å². The van der Waals surface area contributed by atoms with Gasteiger partial charge in [-0.15, -0.1) is 0 Å². The minimum absolute atomic E-state index is 0. The van der Waals surface area contributed by atoms with Gasteiger partial charge in [-0.3, -0.25) is 27.5 Å². The van der Waals surface area contributed by atoms with E-state index in [1.807, 2.05) is 4.98 Å². The van der Waals surface area contributed by atoms with Crippen molar-refractivity contribution in [3.8, 4) is 0 Å². The molecule has 1 aromatic rings. The zero-order chi connectivity index (χ0) is 23.6. The average molecular weight is 573 g/mol. The van der Waals surface area contributed by atoms with Gasteiger partial charge in [0.15, 0.2) is 0 Å². The number of ether oxygens (including phenoxy) is 1. The smallest absolute Gasteiger partial charge is 0.330 e. The number of hydrogen-bond donors (Lipinski definition) is 5. The van der Waals surface area contributed by atoms with Crippen LogP contribution in [0.1, 0.15) is 24.6 Å². The molecule has 0 bridgehead atoms. The van der Waals surface area contributed by atoms with Crippen LogP contribution in [0.15, 0.2) is 20.9 Å². The van der Waals surface area contributed by atoms with E-state index in [1.165, 1.54) is 13.1 Å². The average Bonchev–Trinajstić information content (AvgIpc) is 2.96. The molecule has 24 heteroatoms. The van der Waals surface area contributed by atoms with Gasteiger partial charge in [0.2, 0.25) is 0 Å². The van der Waals surface area contributed by atoms with Crippen molar-refractivity contribution in [2.24, 2.45) is 5.11 Å². The number of aryl methyl sites for hydroxylation is 1. The zero-order valence-corrected chi connectivity index (χ0v) is 22.1. The molecule has 1 aromatic heterocycles. The summed E-state index contributed by atoms with van der Waals surface area (Å²) in [5.41, 5.74) is 7.40. The topological polar surface area (TPSA) is 421 Å². The fourth-order valence-electron chi connectivity index (χ4n) is 2.75. The van der Waals surface area contributed by atoms with Crippen LogP contribution in [0.5, 0.6) is 0 Å². The highest BCUT2D eigenvalue weighted by Gasteiger charge is 2.37. The minimum Gasteiger partial charge on any atom is -0.790 e. The number of hydrogen-bond acceptors (Lipinski definition) is 13. The van der Waals surface area contributed by atoms with E-state index in [0.717, 1.165) is 4.57 Å². The zero-order valence-electron chi connectivity index (χ0n) is 19.5. The molecule has 0 aliphatic carbocycles. The quantitative estimate of drug-likeness (QED) is 0.109. The molecule has 0 aromatic carbocycles. The van der Waals surface area contributed by atoms with Crippen LogP contribution in [0.2, 0.25) is 0 Å². The molecule has 2 rings (SSSR count). The van der Waals surface area contributed by atoms with E-state index in [1.54, 1.807) is 0 Å². The lowest BCUT2D eigenvalue weighted by Gasteiger charge is -2.38. The van der Waals surface area contributed by atoms with E-state index in [0.29, 0.717) is 0 Å². The third kappa shape index (κ3) is 11.2. The highest BCUT2D eigenvalue weighted by molar-refractivity contribution is 7.66. The summed E-state index contributed by atoms with van der Waals surface area (Å²) in [5, 5.41) is 3.45. The number of quaternary nitrogens is 4. The van der Waals surface area contributed by atoms with Crippen molar-refractivity contribution >= 4 is 23.2 Å². The Morgan fingerprint density at radius 1 is 1.17 bits per heavy atom. The first kappa shape index (κ1) is 37.8. The van der Waals surface area contributed by atoms with Crippen molar-refractivity contribution in [2.45, 2.75) is 38.1 Å². The number of nitrogens with one attached hydrogen (secondary N) is 1. The van der Waals surface area contributed by atoms with E-state index < -0.39 is 65.4 Å². The lowest BCUT2D eigenvalue weighted by molar-refractivity contribution is -0.339. The Morgan fingerprint density at radius 3 is 2.26 bits per heavy atom. The standard InChI is InChI=1S/C11H18N5O12P3.4H3N/c1-6-5-16(11(18)13-10(6)17)9-4-7(14-15-12)8(26-9)2-3-29(19,20)27-31(24,25)28-30(21,22)23;;;;/h5,7-9H,2-4H2,1H3,(H,19,20)(H,24,25)(H,13,17,18)(H2,21,22,23);4*1H3. The molecule has 1 saturated heterocycles. The first-order chi connectivity index (χ1) is 14.1. The largest absolute Gasteiger partial charge is 0.790 e. The molecule has 5 atom stereocenters. The third-order valence-corrected chi connectivity index (χ3v) is 8.17.